The van der Waals surface area contributed by atoms with Gasteiger partial charge in [-0.15, -0.1) is 0 Å². The molecule has 1 amide bonds. The standard InChI is InChI=1S/C20H25ClN2O4S/c1-14-8-10-19(11-9-14)27-13-15(2)22-20(24)16(3)23(28(4,25)26)18-7-5-6-17(21)12-18/h5-12,15-16H,13H2,1-4H3,(H,22,24). The van der Waals surface area contributed by atoms with E-state index < -0.39 is 22.0 Å². The Hall–Kier alpha value is -2.25. The molecule has 0 heterocycles. The molecule has 0 aromatic heterocycles. The summed E-state index contributed by atoms with van der Waals surface area (Å²) < 4.78 is 31.3. The van der Waals surface area contributed by atoms with Crippen LogP contribution < -0.4 is 14.4 Å². The molecule has 0 aliphatic heterocycles. The summed E-state index contributed by atoms with van der Waals surface area (Å²) in [7, 11) is -3.69. The Morgan fingerprint density at radius 3 is 2.39 bits per heavy atom. The van der Waals surface area contributed by atoms with Gasteiger partial charge in [-0.1, -0.05) is 35.4 Å². The highest BCUT2D eigenvalue weighted by Gasteiger charge is 2.29. The molecule has 0 saturated heterocycles. The number of sulfonamides is 1. The number of ether oxygens (including phenoxy) is 1. The Balaban J connectivity index is 2.04. The number of halogens is 1. The van der Waals surface area contributed by atoms with Crippen LogP contribution in [0.1, 0.15) is 19.4 Å². The summed E-state index contributed by atoms with van der Waals surface area (Å²) in [6.07, 6.45) is 1.06. The van der Waals surface area contributed by atoms with Crippen molar-refractivity contribution in [2.45, 2.75) is 32.9 Å². The summed E-state index contributed by atoms with van der Waals surface area (Å²) >= 11 is 5.98. The molecule has 28 heavy (non-hydrogen) atoms. The number of hydrogen-bond donors (Lipinski definition) is 1. The smallest absolute Gasteiger partial charge is 0.243 e. The Morgan fingerprint density at radius 1 is 1.18 bits per heavy atom. The van der Waals surface area contributed by atoms with Crippen molar-refractivity contribution >= 4 is 33.2 Å². The van der Waals surface area contributed by atoms with Crippen LogP contribution in [-0.4, -0.2) is 39.3 Å². The van der Waals surface area contributed by atoms with Crippen LogP contribution in [0.15, 0.2) is 48.5 Å². The quantitative estimate of drug-likeness (QED) is 0.704. The van der Waals surface area contributed by atoms with Crippen molar-refractivity contribution in [1.29, 1.82) is 0 Å². The van der Waals surface area contributed by atoms with Gasteiger partial charge in [0.2, 0.25) is 15.9 Å². The molecular weight excluding hydrogens is 400 g/mol. The second-order valence-corrected chi connectivity index (χ2v) is 9.04. The van der Waals surface area contributed by atoms with Gasteiger partial charge < -0.3 is 10.1 Å². The van der Waals surface area contributed by atoms with Crippen LogP contribution in [-0.2, 0) is 14.8 Å². The van der Waals surface area contributed by atoms with Crippen LogP contribution in [0.3, 0.4) is 0 Å². The zero-order chi connectivity index (χ0) is 20.9. The largest absolute Gasteiger partial charge is 0.491 e. The van der Waals surface area contributed by atoms with Crippen LogP contribution in [0.2, 0.25) is 5.02 Å². The Morgan fingerprint density at radius 2 is 1.82 bits per heavy atom. The Kier molecular flexibility index (Phi) is 7.32. The first-order valence-corrected chi connectivity index (χ1v) is 11.1. The number of carbonyl (C=O) groups is 1. The highest BCUT2D eigenvalue weighted by Crippen LogP contribution is 2.24. The highest BCUT2D eigenvalue weighted by molar-refractivity contribution is 7.92. The minimum atomic E-state index is -3.69. The SMILES string of the molecule is Cc1ccc(OCC(C)NC(=O)C(C)N(c2cccc(Cl)c2)S(C)(=O)=O)cc1. The molecule has 2 aromatic carbocycles. The molecule has 0 saturated carbocycles. The zero-order valence-electron chi connectivity index (χ0n) is 16.3. The van der Waals surface area contributed by atoms with E-state index in [2.05, 4.69) is 5.32 Å². The van der Waals surface area contributed by atoms with Crippen LogP contribution in [0, 0.1) is 6.92 Å². The van der Waals surface area contributed by atoms with Crippen molar-refractivity contribution in [1.82, 2.24) is 5.32 Å². The van der Waals surface area contributed by atoms with Crippen molar-refractivity contribution in [3.8, 4) is 5.75 Å². The number of hydrogen-bond acceptors (Lipinski definition) is 4. The Labute approximate surface area is 171 Å². The number of nitrogens with zero attached hydrogens (tertiary/aromatic N) is 1. The first-order chi connectivity index (χ1) is 13.1. The Bertz CT molecular complexity index is 916. The molecule has 0 radical (unpaired) electrons. The van der Waals surface area contributed by atoms with E-state index in [4.69, 9.17) is 16.3 Å². The zero-order valence-corrected chi connectivity index (χ0v) is 17.9. The first kappa shape index (κ1) is 22.0. The first-order valence-electron chi connectivity index (χ1n) is 8.82. The van der Waals surface area contributed by atoms with Gasteiger partial charge >= 0.3 is 0 Å². The molecule has 6 nitrogen and oxygen atoms in total. The predicted molar refractivity (Wildman–Crippen MR) is 113 cm³/mol. The highest BCUT2D eigenvalue weighted by atomic mass is 35.5. The van der Waals surface area contributed by atoms with Gasteiger partial charge in [0.1, 0.15) is 18.4 Å². The normalized spacial score (nSPS) is 13.5. The number of carbonyl (C=O) groups excluding carboxylic acids is 1. The van der Waals surface area contributed by atoms with Gasteiger partial charge in [-0.25, -0.2) is 8.42 Å². The molecule has 1 N–H and O–H groups in total. The molecule has 152 valence electrons. The van der Waals surface area contributed by atoms with Crippen molar-refractivity contribution < 1.29 is 17.9 Å². The third-order valence-electron chi connectivity index (χ3n) is 4.06. The molecule has 8 heteroatoms. The summed E-state index contributed by atoms with van der Waals surface area (Å²) in [4.78, 5) is 12.7. The lowest BCUT2D eigenvalue weighted by atomic mass is 10.2. The molecule has 0 fully saturated rings. The van der Waals surface area contributed by atoms with Gasteiger partial charge in [0.25, 0.3) is 0 Å². The summed E-state index contributed by atoms with van der Waals surface area (Å²) in [6.45, 7) is 5.58. The fourth-order valence-electron chi connectivity index (χ4n) is 2.68. The lowest BCUT2D eigenvalue weighted by Crippen LogP contribution is -2.50. The molecule has 2 aromatic rings. The van der Waals surface area contributed by atoms with Crippen molar-refractivity contribution in [2.24, 2.45) is 0 Å². The maximum Gasteiger partial charge on any atom is 0.243 e. The van der Waals surface area contributed by atoms with Crippen LogP contribution in [0.25, 0.3) is 0 Å². The van der Waals surface area contributed by atoms with E-state index in [-0.39, 0.29) is 12.6 Å². The van der Waals surface area contributed by atoms with E-state index in [1.807, 2.05) is 31.2 Å². The minimum absolute atomic E-state index is 0.261. The van der Waals surface area contributed by atoms with Gasteiger partial charge in [-0.05, 0) is 51.1 Å². The van der Waals surface area contributed by atoms with Crippen molar-refractivity contribution in [2.75, 3.05) is 17.2 Å². The monoisotopic (exact) mass is 424 g/mol. The average Bonchev–Trinajstić information content (AvgIpc) is 2.60. The van der Waals surface area contributed by atoms with Gasteiger partial charge in [0.15, 0.2) is 0 Å². The molecule has 0 aliphatic carbocycles. The van der Waals surface area contributed by atoms with E-state index >= 15 is 0 Å². The van der Waals surface area contributed by atoms with E-state index in [1.54, 1.807) is 25.1 Å². The molecule has 2 unspecified atom stereocenters. The summed E-state index contributed by atoms with van der Waals surface area (Å²) in [5, 5.41) is 3.18. The number of rotatable bonds is 8. The molecular formula is C20H25ClN2O4S. The second-order valence-electron chi connectivity index (χ2n) is 6.75. The lowest BCUT2D eigenvalue weighted by molar-refractivity contribution is -0.122. The van der Waals surface area contributed by atoms with E-state index in [1.165, 1.54) is 13.0 Å². The number of benzene rings is 2. The second kappa shape index (κ2) is 9.30. The summed E-state index contributed by atoms with van der Waals surface area (Å²) in [6, 6.07) is 12.7. The molecule has 0 bridgehead atoms. The molecule has 0 spiro atoms. The fraction of sp³-hybridized carbons (Fsp3) is 0.350. The van der Waals surface area contributed by atoms with Crippen LogP contribution in [0.5, 0.6) is 5.75 Å². The van der Waals surface area contributed by atoms with Crippen molar-refractivity contribution in [3.63, 3.8) is 0 Å². The maximum absolute atomic E-state index is 12.7. The molecule has 2 atom stereocenters. The third kappa shape index (κ3) is 6.14. The molecule has 0 aliphatic rings. The van der Waals surface area contributed by atoms with E-state index in [0.29, 0.717) is 16.5 Å². The van der Waals surface area contributed by atoms with Gasteiger partial charge in [-0.3, -0.25) is 9.10 Å². The minimum Gasteiger partial charge on any atom is -0.491 e. The summed E-state index contributed by atoms with van der Waals surface area (Å²) in [5.74, 6) is 0.279. The lowest BCUT2D eigenvalue weighted by Gasteiger charge is -2.29. The average molecular weight is 425 g/mol. The van der Waals surface area contributed by atoms with Gasteiger partial charge in [0, 0.05) is 5.02 Å². The topological polar surface area (TPSA) is 75.7 Å². The summed E-state index contributed by atoms with van der Waals surface area (Å²) in [5.41, 5.74) is 1.46. The van der Waals surface area contributed by atoms with E-state index in [9.17, 15) is 13.2 Å². The number of aryl methyl sites for hydroxylation is 1. The molecule has 2 rings (SSSR count). The number of anilines is 1. The van der Waals surface area contributed by atoms with Crippen molar-refractivity contribution in [3.05, 3.63) is 59.1 Å². The van der Waals surface area contributed by atoms with Gasteiger partial charge in [-0.2, -0.15) is 0 Å². The maximum atomic E-state index is 12.7. The number of amides is 1. The fourth-order valence-corrected chi connectivity index (χ4v) is 4.03. The number of nitrogens with one attached hydrogen (secondary N) is 1. The van der Waals surface area contributed by atoms with E-state index in [0.717, 1.165) is 16.1 Å². The van der Waals surface area contributed by atoms with Gasteiger partial charge in [0.05, 0.1) is 18.0 Å². The van der Waals surface area contributed by atoms with Crippen LogP contribution in [0.4, 0.5) is 5.69 Å². The van der Waals surface area contributed by atoms with Crippen LogP contribution >= 0.6 is 11.6 Å². The third-order valence-corrected chi connectivity index (χ3v) is 5.54. The predicted octanol–water partition coefficient (Wildman–Crippen LogP) is 3.39.